The molecule has 2 amide bonds. The molecule has 6 nitrogen and oxygen atoms in total. The van der Waals surface area contributed by atoms with E-state index in [-0.39, 0.29) is 29.8 Å². The van der Waals surface area contributed by atoms with Crippen LogP contribution in [0.3, 0.4) is 0 Å². The molecule has 0 unspecified atom stereocenters. The van der Waals surface area contributed by atoms with Crippen LogP contribution < -0.4 is 0 Å². The van der Waals surface area contributed by atoms with E-state index in [9.17, 15) is 14.0 Å². The van der Waals surface area contributed by atoms with Gasteiger partial charge in [-0.1, -0.05) is 0 Å². The average Bonchev–Trinajstić information content (AvgIpc) is 3.00. The maximum atomic E-state index is 12.9. The number of hydrogen-bond acceptors (Lipinski definition) is 4. The lowest BCUT2D eigenvalue weighted by atomic mass is 9.85. The van der Waals surface area contributed by atoms with E-state index in [4.69, 9.17) is 4.74 Å². The third kappa shape index (κ3) is 3.98. The molecule has 3 rings (SSSR count). The highest BCUT2D eigenvalue weighted by Gasteiger charge is 2.45. The summed E-state index contributed by atoms with van der Waals surface area (Å²) in [4.78, 5) is 31.9. The summed E-state index contributed by atoms with van der Waals surface area (Å²) in [6.45, 7) is 1.69. The summed E-state index contributed by atoms with van der Waals surface area (Å²) < 4.78 is 18.9. The van der Waals surface area contributed by atoms with E-state index in [0.717, 1.165) is 25.5 Å². The lowest BCUT2D eigenvalue weighted by Gasteiger charge is -2.38. The highest BCUT2D eigenvalue weighted by molar-refractivity contribution is 5.79. The van der Waals surface area contributed by atoms with E-state index >= 15 is 0 Å². The minimum atomic E-state index is -0.406. The van der Waals surface area contributed by atoms with Crippen molar-refractivity contribution < 1.29 is 18.7 Å². The summed E-state index contributed by atoms with van der Waals surface area (Å²) in [7, 11) is 3.52. The monoisotopic (exact) mass is 349 g/mol. The van der Waals surface area contributed by atoms with Gasteiger partial charge in [-0.2, -0.15) is 0 Å². The highest BCUT2D eigenvalue weighted by Crippen LogP contribution is 2.39. The van der Waals surface area contributed by atoms with Crippen LogP contribution >= 0.6 is 0 Å². The van der Waals surface area contributed by atoms with E-state index in [1.54, 1.807) is 23.9 Å². The van der Waals surface area contributed by atoms with Gasteiger partial charge in [0.1, 0.15) is 5.82 Å². The van der Waals surface area contributed by atoms with Gasteiger partial charge >= 0.3 is 0 Å². The van der Waals surface area contributed by atoms with Gasteiger partial charge in [0.25, 0.3) is 0 Å². The highest BCUT2D eigenvalue weighted by atomic mass is 19.1. The lowest BCUT2D eigenvalue weighted by molar-refractivity contribution is -0.135. The normalized spacial score (nSPS) is 22.2. The van der Waals surface area contributed by atoms with Gasteiger partial charge in [0.2, 0.25) is 11.8 Å². The number of likely N-dealkylation sites (tertiary alicyclic amines) is 1. The molecule has 1 aromatic rings. The Balaban J connectivity index is 1.52. The third-order valence-corrected chi connectivity index (χ3v) is 5.15. The molecule has 0 aliphatic carbocycles. The average molecular weight is 349 g/mol. The molecule has 1 spiro atoms. The molecule has 136 valence electrons. The van der Waals surface area contributed by atoms with Crippen molar-refractivity contribution in [1.82, 2.24) is 14.8 Å². The summed E-state index contributed by atoms with van der Waals surface area (Å²) in [5, 5.41) is 0. The molecule has 1 aromatic heterocycles. The van der Waals surface area contributed by atoms with Crippen LogP contribution in [0.1, 0.15) is 25.0 Å². The maximum Gasteiger partial charge on any atom is 0.228 e. The fourth-order valence-electron chi connectivity index (χ4n) is 3.66. The Kier molecular flexibility index (Phi) is 5.03. The molecule has 0 aromatic carbocycles. The molecule has 7 heteroatoms. The van der Waals surface area contributed by atoms with Gasteiger partial charge in [-0.25, -0.2) is 4.39 Å². The first-order valence-corrected chi connectivity index (χ1v) is 8.62. The number of carbonyl (C=O) groups is 2. The molecule has 2 fully saturated rings. The van der Waals surface area contributed by atoms with Crippen molar-refractivity contribution in [2.45, 2.75) is 31.3 Å². The number of pyridine rings is 1. The summed E-state index contributed by atoms with van der Waals surface area (Å²) in [5.41, 5.74) is 0.293. The molecule has 0 N–H and O–H groups in total. The Labute approximate surface area is 147 Å². The van der Waals surface area contributed by atoms with E-state index in [1.165, 1.54) is 12.1 Å². The Morgan fingerprint density at radius 3 is 2.68 bits per heavy atom. The number of ether oxygens (including phenoxy) is 1. The molecular weight excluding hydrogens is 325 g/mol. The van der Waals surface area contributed by atoms with Crippen LogP contribution in [-0.4, -0.2) is 66.0 Å². The van der Waals surface area contributed by atoms with Gasteiger partial charge in [-0.3, -0.25) is 14.6 Å². The van der Waals surface area contributed by atoms with Crippen molar-refractivity contribution in [3.63, 3.8) is 0 Å². The minimum Gasteiger partial charge on any atom is -0.374 e. The molecule has 2 aliphatic rings. The quantitative estimate of drug-likeness (QED) is 0.824. The summed E-state index contributed by atoms with van der Waals surface area (Å²) in [5.74, 6) is -0.386. The first kappa shape index (κ1) is 17.8. The first-order valence-electron chi connectivity index (χ1n) is 8.62. The number of rotatable bonds is 3. The first-order chi connectivity index (χ1) is 11.9. The minimum absolute atomic E-state index is 0.00660. The number of piperidine rings is 1. The Morgan fingerprint density at radius 1 is 1.36 bits per heavy atom. The SMILES string of the molecule is CN(C)C(=O)[C@H]1COC2(CCN(C(=O)Cc3ccc(F)cn3)CC2)C1. The second-order valence-electron chi connectivity index (χ2n) is 7.15. The van der Waals surface area contributed by atoms with Crippen molar-refractivity contribution in [2.75, 3.05) is 33.8 Å². The van der Waals surface area contributed by atoms with Crippen molar-refractivity contribution in [3.8, 4) is 0 Å². The van der Waals surface area contributed by atoms with Crippen LogP contribution in [0.5, 0.6) is 0 Å². The zero-order chi connectivity index (χ0) is 18.0. The topological polar surface area (TPSA) is 62.7 Å². The van der Waals surface area contributed by atoms with Crippen LogP contribution in [-0.2, 0) is 20.7 Å². The summed E-state index contributed by atoms with van der Waals surface area (Å²) >= 11 is 0. The second kappa shape index (κ2) is 7.07. The number of halogens is 1. The van der Waals surface area contributed by atoms with E-state index in [1.807, 2.05) is 0 Å². The molecule has 3 heterocycles. The molecular formula is C18H24FN3O3. The van der Waals surface area contributed by atoms with E-state index in [2.05, 4.69) is 4.98 Å². The zero-order valence-corrected chi connectivity index (χ0v) is 14.7. The van der Waals surface area contributed by atoms with Crippen LogP contribution in [0.2, 0.25) is 0 Å². The Hall–Kier alpha value is -2.02. The largest absolute Gasteiger partial charge is 0.374 e. The smallest absolute Gasteiger partial charge is 0.228 e. The van der Waals surface area contributed by atoms with E-state index < -0.39 is 5.82 Å². The number of hydrogen-bond donors (Lipinski definition) is 0. The number of nitrogens with zero attached hydrogens (tertiary/aromatic N) is 3. The molecule has 0 radical (unpaired) electrons. The number of aromatic nitrogens is 1. The van der Waals surface area contributed by atoms with Crippen molar-refractivity contribution in [1.29, 1.82) is 0 Å². The van der Waals surface area contributed by atoms with Crippen LogP contribution in [0, 0.1) is 11.7 Å². The van der Waals surface area contributed by atoms with E-state index in [0.29, 0.717) is 25.4 Å². The standard InChI is InChI=1S/C18H24FN3O3/c1-21(2)17(24)13-10-18(25-12-13)5-7-22(8-6-18)16(23)9-15-4-3-14(19)11-20-15/h3-4,11,13H,5-10,12H2,1-2H3/t13-/m1/s1. The Morgan fingerprint density at radius 2 is 2.08 bits per heavy atom. The number of amides is 2. The fourth-order valence-corrected chi connectivity index (χ4v) is 3.66. The fraction of sp³-hybridized carbons (Fsp3) is 0.611. The van der Waals surface area contributed by atoms with Gasteiger partial charge < -0.3 is 14.5 Å². The predicted molar refractivity (Wildman–Crippen MR) is 89.2 cm³/mol. The van der Waals surface area contributed by atoms with Crippen molar-refractivity contribution >= 4 is 11.8 Å². The summed E-state index contributed by atoms with van der Waals surface area (Å²) in [6.07, 6.45) is 3.52. The zero-order valence-electron chi connectivity index (χ0n) is 14.7. The summed E-state index contributed by atoms with van der Waals surface area (Å²) in [6, 6.07) is 2.85. The van der Waals surface area contributed by atoms with Gasteiger partial charge in [0.05, 0.1) is 30.7 Å². The molecule has 0 bridgehead atoms. The molecule has 0 saturated carbocycles. The van der Waals surface area contributed by atoms with Crippen molar-refractivity contribution in [3.05, 3.63) is 29.8 Å². The van der Waals surface area contributed by atoms with Gasteiger partial charge in [-0.15, -0.1) is 0 Å². The third-order valence-electron chi connectivity index (χ3n) is 5.15. The Bertz CT molecular complexity index is 639. The molecule has 25 heavy (non-hydrogen) atoms. The van der Waals surface area contributed by atoms with Crippen molar-refractivity contribution in [2.24, 2.45) is 5.92 Å². The van der Waals surface area contributed by atoms with Crippen LogP contribution in [0.4, 0.5) is 4.39 Å². The maximum absolute atomic E-state index is 12.9. The number of carbonyl (C=O) groups excluding carboxylic acids is 2. The van der Waals surface area contributed by atoms with Crippen LogP contribution in [0.15, 0.2) is 18.3 Å². The molecule has 2 saturated heterocycles. The molecule has 1 atom stereocenters. The lowest BCUT2D eigenvalue weighted by Crippen LogP contribution is -2.47. The van der Waals surface area contributed by atoms with Crippen LogP contribution in [0.25, 0.3) is 0 Å². The van der Waals surface area contributed by atoms with Gasteiger partial charge in [0, 0.05) is 32.9 Å². The molecule has 2 aliphatic heterocycles. The predicted octanol–water partition coefficient (Wildman–Crippen LogP) is 1.25. The second-order valence-corrected chi connectivity index (χ2v) is 7.15. The van der Waals surface area contributed by atoms with Gasteiger partial charge in [-0.05, 0) is 31.4 Å². The van der Waals surface area contributed by atoms with Gasteiger partial charge in [0.15, 0.2) is 0 Å².